The van der Waals surface area contributed by atoms with Gasteiger partial charge < -0.3 is 14.5 Å². The Bertz CT molecular complexity index is 1720. The highest BCUT2D eigenvalue weighted by molar-refractivity contribution is 7.52. The summed E-state index contributed by atoms with van der Waals surface area (Å²) >= 11 is 12.4. The average molecular weight is 659 g/mol. The number of methoxy groups -OCH3 is 1. The number of carbonyl (C=O) groups is 2. The van der Waals surface area contributed by atoms with Crippen molar-refractivity contribution in [2.45, 2.75) is 23.9 Å². The molecule has 0 fully saturated rings. The van der Waals surface area contributed by atoms with E-state index in [0.29, 0.717) is 11.1 Å². The standard InChI is InChI=1S/C33H27Cl2F2O6P/c1-43-31(39)24-11-16-26(17-12-24)32(19-5-8-22-6-3-2-4-7-22,30(38)25-13-18-28(34)29(35)20-25)21-23-9-14-27(15-10-23)33(36,37)44(40,41)42/h2-18,20H,19,21H2,1H3,(H2,40,41,42). The van der Waals surface area contributed by atoms with Crippen LogP contribution >= 0.6 is 30.8 Å². The molecule has 4 aromatic carbocycles. The molecule has 0 aliphatic rings. The summed E-state index contributed by atoms with van der Waals surface area (Å²) in [6.45, 7) is 0. The van der Waals surface area contributed by atoms with Crippen LogP contribution in [0.1, 0.15) is 49.4 Å². The fraction of sp³-hybridized carbons (Fsp3) is 0.152. The Labute approximate surface area is 263 Å². The van der Waals surface area contributed by atoms with Crippen molar-refractivity contribution in [3.05, 3.63) is 147 Å². The normalized spacial score (nSPS) is 13.4. The van der Waals surface area contributed by atoms with E-state index in [0.717, 1.165) is 17.7 Å². The molecule has 11 heteroatoms. The lowest BCUT2D eigenvalue weighted by molar-refractivity contribution is 0.0564. The molecule has 0 bridgehead atoms. The SMILES string of the molecule is COC(=O)c1ccc(C(CC=Cc2ccccc2)(Cc2ccc(C(F)(F)P(=O)(O)O)cc2)C(=O)c2ccc(Cl)c(Cl)c2)cc1. The molecule has 1 atom stereocenters. The highest BCUT2D eigenvalue weighted by Crippen LogP contribution is 2.59. The van der Waals surface area contributed by atoms with Crippen LogP contribution in [0, 0.1) is 0 Å². The summed E-state index contributed by atoms with van der Waals surface area (Å²) in [5, 5.41) is 0.415. The van der Waals surface area contributed by atoms with Crippen molar-refractivity contribution in [3.8, 4) is 0 Å². The Kier molecular flexibility index (Phi) is 10.2. The zero-order valence-electron chi connectivity index (χ0n) is 23.3. The van der Waals surface area contributed by atoms with Gasteiger partial charge in [-0.05, 0) is 59.9 Å². The lowest BCUT2D eigenvalue weighted by atomic mass is 9.68. The van der Waals surface area contributed by atoms with Gasteiger partial charge in [0.1, 0.15) is 0 Å². The van der Waals surface area contributed by atoms with E-state index >= 15 is 0 Å². The third-order valence-corrected chi connectivity index (χ3v) is 8.95. The van der Waals surface area contributed by atoms with Gasteiger partial charge in [0.15, 0.2) is 5.78 Å². The van der Waals surface area contributed by atoms with E-state index in [4.69, 9.17) is 27.9 Å². The monoisotopic (exact) mass is 658 g/mol. The first-order chi connectivity index (χ1) is 20.8. The molecule has 228 valence electrons. The van der Waals surface area contributed by atoms with Crippen molar-refractivity contribution < 1.29 is 37.5 Å². The molecule has 0 saturated heterocycles. The molecule has 6 nitrogen and oxygen atoms in total. The van der Waals surface area contributed by atoms with Gasteiger partial charge in [-0.3, -0.25) is 9.36 Å². The summed E-state index contributed by atoms with van der Waals surface area (Å²) in [5.41, 5.74) is -4.26. The van der Waals surface area contributed by atoms with E-state index in [9.17, 15) is 32.7 Å². The Morgan fingerprint density at radius 2 is 1.43 bits per heavy atom. The van der Waals surface area contributed by atoms with E-state index in [-0.39, 0.29) is 39.8 Å². The number of esters is 1. The molecule has 0 aliphatic carbocycles. The second-order valence-electron chi connectivity index (χ2n) is 10.1. The van der Waals surface area contributed by atoms with Crippen molar-refractivity contribution in [2.24, 2.45) is 0 Å². The molecule has 1 unspecified atom stereocenters. The van der Waals surface area contributed by atoms with Crippen LogP contribution in [0.15, 0.2) is 103 Å². The minimum Gasteiger partial charge on any atom is -0.465 e. The van der Waals surface area contributed by atoms with E-state index < -0.39 is 30.2 Å². The van der Waals surface area contributed by atoms with Crippen molar-refractivity contribution in [2.75, 3.05) is 7.11 Å². The van der Waals surface area contributed by atoms with Gasteiger partial charge in [-0.1, -0.05) is 102 Å². The fourth-order valence-electron chi connectivity index (χ4n) is 4.85. The number of halogens is 4. The third kappa shape index (κ3) is 7.17. The number of ketones is 1. The fourth-order valence-corrected chi connectivity index (χ4v) is 5.64. The smallest absolute Gasteiger partial charge is 0.399 e. The first-order valence-corrected chi connectivity index (χ1v) is 15.6. The Balaban J connectivity index is 1.88. The number of alkyl halides is 2. The van der Waals surface area contributed by atoms with Crippen LogP contribution < -0.4 is 0 Å². The van der Waals surface area contributed by atoms with Crippen molar-refractivity contribution in [1.29, 1.82) is 0 Å². The number of rotatable bonds is 11. The van der Waals surface area contributed by atoms with Crippen LogP contribution in [0.5, 0.6) is 0 Å². The number of hydrogen-bond donors (Lipinski definition) is 2. The van der Waals surface area contributed by atoms with Crippen molar-refractivity contribution in [3.63, 3.8) is 0 Å². The van der Waals surface area contributed by atoms with Crippen LogP contribution in [0.2, 0.25) is 10.0 Å². The van der Waals surface area contributed by atoms with Crippen LogP contribution in [-0.2, 0) is 26.8 Å². The molecule has 0 aromatic heterocycles. The van der Waals surface area contributed by atoms with Gasteiger partial charge in [-0.2, -0.15) is 8.78 Å². The number of carbonyl (C=O) groups excluding carboxylic acids is 2. The van der Waals surface area contributed by atoms with E-state index in [1.54, 1.807) is 18.2 Å². The molecule has 0 saturated carbocycles. The number of ether oxygens (including phenoxy) is 1. The Morgan fingerprint density at radius 3 is 2.00 bits per heavy atom. The Hall–Kier alpha value is -3.65. The molecule has 0 spiro atoms. The molecule has 0 aliphatic heterocycles. The van der Waals surface area contributed by atoms with Gasteiger partial charge in [0.2, 0.25) is 0 Å². The van der Waals surface area contributed by atoms with Crippen LogP contribution in [-0.4, -0.2) is 28.6 Å². The predicted molar refractivity (Wildman–Crippen MR) is 166 cm³/mol. The highest BCUT2D eigenvalue weighted by Gasteiger charge is 2.50. The van der Waals surface area contributed by atoms with Gasteiger partial charge in [-0.15, -0.1) is 0 Å². The summed E-state index contributed by atoms with van der Waals surface area (Å²) in [5.74, 6) is -0.923. The van der Waals surface area contributed by atoms with Crippen LogP contribution in [0.4, 0.5) is 8.78 Å². The molecule has 2 N–H and O–H groups in total. The van der Waals surface area contributed by atoms with Gasteiger partial charge in [-0.25, -0.2) is 4.79 Å². The minimum absolute atomic E-state index is 0.00938. The zero-order chi connectivity index (χ0) is 32.1. The topological polar surface area (TPSA) is 101 Å². The van der Waals surface area contributed by atoms with Crippen LogP contribution in [0.25, 0.3) is 6.08 Å². The lowest BCUT2D eigenvalue weighted by Gasteiger charge is -2.33. The summed E-state index contributed by atoms with van der Waals surface area (Å²) < 4.78 is 45.0. The average Bonchev–Trinajstić information content (AvgIpc) is 3.01. The second-order valence-corrected chi connectivity index (χ2v) is 12.5. The summed E-state index contributed by atoms with van der Waals surface area (Å²) in [6.07, 6.45) is 3.81. The van der Waals surface area contributed by atoms with Gasteiger partial charge in [0.05, 0.1) is 28.1 Å². The number of benzene rings is 4. The molecular formula is C33H27Cl2F2O6P. The number of hydrogen-bond acceptors (Lipinski definition) is 4. The molecule has 4 rings (SSSR count). The van der Waals surface area contributed by atoms with E-state index in [1.807, 2.05) is 42.5 Å². The van der Waals surface area contributed by atoms with Gasteiger partial charge in [0, 0.05) is 11.1 Å². The summed E-state index contributed by atoms with van der Waals surface area (Å²) in [7, 11) is -4.52. The third-order valence-electron chi connectivity index (χ3n) is 7.22. The number of allylic oxidation sites excluding steroid dienone is 1. The molecule has 0 amide bonds. The maximum Gasteiger partial charge on any atom is 0.399 e. The zero-order valence-corrected chi connectivity index (χ0v) is 25.7. The van der Waals surface area contributed by atoms with Crippen molar-refractivity contribution >= 4 is 48.6 Å². The van der Waals surface area contributed by atoms with E-state index in [1.165, 1.54) is 43.5 Å². The molecular weight excluding hydrogens is 632 g/mol. The van der Waals surface area contributed by atoms with Gasteiger partial charge in [0.25, 0.3) is 0 Å². The maximum atomic E-state index is 14.6. The van der Waals surface area contributed by atoms with Crippen LogP contribution in [0.3, 0.4) is 0 Å². The Morgan fingerprint density at radius 1 is 0.841 bits per heavy atom. The van der Waals surface area contributed by atoms with Gasteiger partial charge >= 0.3 is 19.2 Å². The molecule has 4 aromatic rings. The van der Waals surface area contributed by atoms with E-state index in [2.05, 4.69) is 0 Å². The summed E-state index contributed by atoms with van der Waals surface area (Å²) in [6, 6.07) is 24.7. The first-order valence-electron chi connectivity index (χ1n) is 13.2. The second kappa shape index (κ2) is 13.6. The minimum atomic E-state index is -5.78. The quantitative estimate of drug-likeness (QED) is 0.0952. The summed E-state index contributed by atoms with van der Waals surface area (Å²) in [4.78, 5) is 45.1. The molecule has 0 radical (unpaired) electrons. The predicted octanol–water partition coefficient (Wildman–Crippen LogP) is 8.47. The lowest BCUT2D eigenvalue weighted by Crippen LogP contribution is -2.38. The maximum absolute atomic E-state index is 14.6. The van der Waals surface area contributed by atoms with Crippen molar-refractivity contribution in [1.82, 2.24) is 0 Å². The number of Topliss-reactive ketones (excluding diaryl/α,β-unsaturated/α-hetero) is 1. The first kappa shape index (κ1) is 33.2. The molecule has 44 heavy (non-hydrogen) atoms. The largest absolute Gasteiger partial charge is 0.465 e. The highest BCUT2D eigenvalue weighted by atomic mass is 35.5. The molecule has 0 heterocycles.